The van der Waals surface area contributed by atoms with Crippen LogP contribution in [0, 0.1) is 0 Å². The zero-order chi connectivity index (χ0) is 19.1. The highest BCUT2D eigenvalue weighted by Gasteiger charge is 2.21. The minimum Gasteiger partial charge on any atom is -0.497 e. The van der Waals surface area contributed by atoms with Crippen molar-refractivity contribution in [1.29, 1.82) is 0 Å². The molecule has 0 aliphatic carbocycles. The Hall–Kier alpha value is -2.79. The van der Waals surface area contributed by atoms with Crippen LogP contribution < -0.4 is 10.1 Å². The summed E-state index contributed by atoms with van der Waals surface area (Å²) in [5.41, 5.74) is 3.25. The van der Waals surface area contributed by atoms with E-state index in [2.05, 4.69) is 16.4 Å². The van der Waals surface area contributed by atoms with Crippen molar-refractivity contribution in [2.75, 3.05) is 27.4 Å². The standard InChI is InChI=1S/C22H26N2O3/c1-26-12-6-11-23-22(25)14-19(16-7-5-8-17(13-16)27-2)20-15-24-21-10-4-3-9-18(20)21/h3-5,7-10,13,15,19,24H,6,11-12,14H2,1-2H3,(H,23,25). The summed E-state index contributed by atoms with van der Waals surface area (Å²) < 4.78 is 10.4. The molecule has 1 aromatic heterocycles. The van der Waals surface area contributed by atoms with E-state index >= 15 is 0 Å². The highest BCUT2D eigenvalue weighted by atomic mass is 16.5. The zero-order valence-electron chi connectivity index (χ0n) is 15.8. The summed E-state index contributed by atoms with van der Waals surface area (Å²) in [6.07, 6.45) is 3.19. The summed E-state index contributed by atoms with van der Waals surface area (Å²) >= 11 is 0. The third-order valence-electron chi connectivity index (χ3n) is 4.73. The van der Waals surface area contributed by atoms with Gasteiger partial charge < -0.3 is 19.8 Å². The zero-order valence-corrected chi connectivity index (χ0v) is 15.8. The Morgan fingerprint density at radius 2 is 2.00 bits per heavy atom. The molecule has 2 N–H and O–H groups in total. The first-order valence-electron chi connectivity index (χ1n) is 9.18. The number of rotatable bonds is 9. The smallest absolute Gasteiger partial charge is 0.220 e. The third-order valence-corrected chi connectivity index (χ3v) is 4.73. The van der Waals surface area contributed by atoms with Gasteiger partial charge >= 0.3 is 0 Å². The molecule has 1 unspecified atom stereocenters. The van der Waals surface area contributed by atoms with Crippen LogP contribution in [0.25, 0.3) is 10.9 Å². The van der Waals surface area contributed by atoms with Crippen LogP contribution in [0.5, 0.6) is 5.75 Å². The molecular weight excluding hydrogens is 340 g/mol. The van der Waals surface area contributed by atoms with Gasteiger partial charge in [0, 0.05) is 49.7 Å². The maximum atomic E-state index is 12.6. The Bertz CT molecular complexity index is 888. The summed E-state index contributed by atoms with van der Waals surface area (Å²) in [5, 5.41) is 4.13. The molecule has 0 radical (unpaired) electrons. The summed E-state index contributed by atoms with van der Waals surface area (Å²) in [5.74, 6) is 0.765. The Labute approximate surface area is 159 Å². The number of ether oxygens (including phenoxy) is 2. The Morgan fingerprint density at radius 3 is 2.81 bits per heavy atom. The number of hydrogen-bond acceptors (Lipinski definition) is 3. The number of para-hydroxylation sites is 1. The van der Waals surface area contributed by atoms with E-state index in [1.54, 1.807) is 14.2 Å². The van der Waals surface area contributed by atoms with Crippen molar-refractivity contribution in [2.24, 2.45) is 0 Å². The van der Waals surface area contributed by atoms with Gasteiger partial charge in [-0.15, -0.1) is 0 Å². The van der Waals surface area contributed by atoms with Crippen LogP contribution in [0.15, 0.2) is 54.7 Å². The Morgan fingerprint density at radius 1 is 1.15 bits per heavy atom. The minimum atomic E-state index is -0.0568. The number of carbonyl (C=O) groups excluding carboxylic acids is 1. The lowest BCUT2D eigenvalue weighted by atomic mass is 9.88. The van der Waals surface area contributed by atoms with Gasteiger partial charge in [0.05, 0.1) is 7.11 Å². The molecule has 0 saturated heterocycles. The van der Waals surface area contributed by atoms with E-state index in [1.807, 2.05) is 48.7 Å². The molecule has 142 valence electrons. The van der Waals surface area contributed by atoms with Crippen LogP contribution in [0.1, 0.15) is 29.9 Å². The van der Waals surface area contributed by atoms with Crippen LogP contribution in [0.4, 0.5) is 0 Å². The van der Waals surface area contributed by atoms with E-state index in [1.165, 1.54) is 0 Å². The summed E-state index contributed by atoms with van der Waals surface area (Å²) in [7, 11) is 3.32. The van der Waals surface area contributed by atoms with Crippen molar-refractivity contribution in [2.45, 2.75) is 18.8 Å². The molecule has 0 fully saturated rings. The van der Waals surface area contributed by atoms with Gasteiger partial charge in [-0.1, -0.05) is 30.3 Å². The van der Waals surface area contributed by atoms with Crippen molar-refractivity contribution in [3.05, 3.63) is 65.9 Å². The fourth-order valence-corrected chi connectivity index (χ4v) is 3.35. The first kappa shape index (κ1) is 19.0. The highest BCUT2D eigenvalue weighted by molar-refractivity contribution is 5.86. The molecule has 0 aliphatic heterocycles. The summed E-state index contributed by atoms with van der Waals surface area (Å²) in [4.78, 5) is 15.9. The fraction of sp³-hybridized carbons (Fsp3) is 0.318. The number of benzene rings is 2. The topological polar surface area (TPSA) is 63.4 Å². The maximum absolute atomic E-state index is 12.6. The van der Waals surface area contributed by atoms with Gasteiger partial charge in [0.25, 0.3) is 0 Å². The molecule has 5 nitrogen and oxygen atoms in total. The number of methoxy groups -OCH3 is 2. The monoisotopic (exact) mass is 366 g/mol. The van der Waals surface area contributed by atoms with Crippen molar-refractivity contribution in [3.63, 3.8) is 0 Å². The molecule has 0 bridgehead atoms. The van der Waals surface area contributed by atoms with Crippen LogP contribution >= 0.6 is 0 Å². The fourth-order valence-electron chi connectivity index (χ4n) is 3.35. The number of hydrogen-bond donors (Lipinski definition) is 2. The number of aromatic nitrogens is 1. The number of carbonyl (C=O) groups is 1. The molecule has 0 aliphatic rings. The van der Waals surface area contributed by atoms with E-state index in [9.17, 15) is 4.79 Å². The molecule has 0 spiro atoms. The van der Waals surface area contributed by atoms with Gasteiger partial charge in [-0.25, -0.2) is 0 Å². The molecule has 1 heterocycles. The van der Waals surface area contributed by atoms with Crippen molar-refractivity contribution >= 4 is 16.8 Å². The van der Waals surface area contributed by atoms with E-state index in [-0.39, 0.29) is 11.8 Å². The van der Waals surface area contributed by atoms with Gasteiger partial charge in [0.15, 0.2) is 0 Å². The van der Waals surface area contributed by atoms with Gasteiger partial charge in [-0.3, -0.25) is 4.79 Å². The predicted molar refractivity (Wildman–Crippen MR) is 107 cm³/mol. The van der Waals surface area contributed by atoms with Gasteiger partial charge in [0.2, 0.25) is 5.91 Å². The van der Waals surface area contributed by atoms with E-state index in [0.717, 1.165) is 34.2 Å². The average Bonchev–Trinajstić information content (AvgIpc) is 3.13. The summed E-state index contributed by atoms with van der Waals surface area (Å²) in [6.45, 7) is 1.26. The van der Waals surface area contributed by atoms with Gasteiger partial charge in [-0.2, -0.15) is 0 Å². The number of amides is 1. The van der Waals surface area contributed by atoms with Gasteiger partial charge in [-0.05, 0) is 35.7 Å². The molecule has 5 heteroatoms. The maximum Gasteiger partial charge on any atom is 0.220 e. The molecule has 3 aromatic rings. The molecular formula is C22H26N2O3. The number of fused-ring (bicyclic) bond motifs is 1. The minimum absolute atomic E-state index is 0.0317. The largest absolute Gasteiger partial charge is 0.497 e. The first-order valence-corrected chi connectivity index (χ1v) is 9.18. The number of H-pyrrole nitrogens is 1. The first-order chi connectivity index (χ1) is 13.2. The third kappa shape index (κ3) is 4.68. The van der Waals surface area contributed by atoms with Gasteiger partial charge in [0.1, 0.15) is 5.75 Å². The van der Waals surface area contributed by atoms with Crippen molar-refractivity contribution in [3.8, 4) is 5.75 Å². The van der Waals surface area contributed by atoms with Crippen LogP contribution in [-0.2, 0) is 9.53 Å². The van der Waals surface area contributed by atoms with Crippen LogP contribution in [0.2, 0.25) is 0 Å². The average molecular weight is 366 g/mol. The van der Waals surface area contributed by atoms with Crippen LogP contribution in [-0.4, -0.2) is 38.3 Å². The second kappa shape index (κ2) is 9.24. The van der Waals surface area contributed by atoms with E-state index < -0.39 is 0 Å². The molecule has 0 saturated carbocycles. The molecule has 2 aromatic carbocycles. The van der Waals surface area contributed by atoms with Crippen molar-refractivity contribution in [1.82, 2.24) is 10.3 Å². The molecule has 3 rings (SSSR count). The van der Waals surface area contributed by atoms with Crippen LogP contribution in [0.3, 0.4) is 0 Å². The lowest BCUT2D eigenvalue weighted by Crippen LogP contribution is -2.27. The van der Waals surface area contributed by atoms with Crippen molar-refractivity contribution < 1.29 is 14.3 Å². The second-order valence-corrected chi connectivity index (χ2v) is 6.52. The molecule has 27 heavy (non-hydrogen) atoms. The Kier molecular flexibility index (Phi) is 6.49. The summed E-state index contributed by atoms with van der Waals surface area (Å²) in [6, 6.07) is 16.1. The molecule has 1 atom stereocenters. The number of nitrogens with one attached hydrogen (secondary N) is 2. The number of aromatic amines is 1. The second-order valence-electron chi connectivity index (χ2n) is 6.52. The SMILES string of the molecule is COCCCNC(=O)CC(c1cccc(OC)c1)c1c[nH]c2ccccc12. The quantitative estimate of drug-likeness (QED) is 0.566. The molecule has 1 amide bonds. The highest BCUT2D eigenvalue weighted by Crippen LogP contribution is 2.34. The lowest BCUT2D eigenvalue weighted by Gasteiger charge is -2.18. The predicted octanol–water partition coefficient (Wildman–Crippen LogP) is 3.85. The Balaban J connectivity index is 1.88. The lowest BCUT2D eigenvalue weighted by molar-refractivity contribution is -0.121. The van der Waals surface area contributed by atoms with E-state index in [4.69, 9.17) is 9.47 Å². The normalized spacial score (nSPS) is 12.1. The van der Waals surface area contributed by atoms with E-state index in [0.29, 0.717) is 19.6 Å².